The van der Waals surface area contributed by atoms with Crippen molar-refractivity contribution >= 4 is 27.7 Å². The summed E-state index contributed by atoms with van der Waals surface area (Å²) in [5, 5.41) is 16.5. The molecule has 1 saturated carbocycles. The second-order valence-electron chi connectivity index (χ2n) is 6.82. The number of hydrogen-bond donors (Lipinski definition) is 2. The minimum absolute atomic E-state index is 0.0730. The maximum Gasteiger partial charge on any atom is 0.277 e. The number of nitrogens with zero attached hydrogens (tertiary/aromatic N) is 2. The Morgan fingerprint density at radius 1 is 1.18 bits per heavy atom. The molecule has 2 aromatic rings. The van der Waals surface area contributed by atoms with E-state index in [4.69, 9.17) is 9.56 Å². The number of primary sulfonamides is 1. The molecule has 1 aliphatic carbocycles. The molecule has 0 unspecified atom stereocenters. The van der Waals surface area contributed by atoms with E-state index in [0.29, 0.717) is 30.0 Å². The van der Waals surface area contributed by atoms with Gasteiger partial charge in [0.25, 0.3) is 5.22 Å². The zero-order chi connectivity index (χ0) is 20.0. The van der Waals surface area contributed by atoms with Gasteiger partial charge in [-0.15, -0.1) is 10.2 Å². The fourth-order valence-corrected chi connectivity index (χ4v) is 4.28. The van der Waals surface area contributed by atoms with Gasteiger partial charge in [0.2, 0.25) is 21.8 Å². The van der Waals surface area contributed by atoms with E-state index in [-0.39, 0.29) is 16.6 Å². The largest absolute Gasteiger partial charge is 0.416 e. The fourth-order valence-electron chi connectivity index (χ4n) is 3.16. The fraction of sp³-hybridized carbons (Fsp3) is 0.500. The molecular formula is C18H24N4O4S2. The first-order chi connectivity index (χ1) is 13.4. The second-order valence-corrected chi connectivity index (χ2v) is 9.31. The van der Waals surface area contributed by atoms with Crippen molar-refractivity contribution in [3.8, 4) is 0 Å². The summed E-state index contributed by atoms with van der Waals surface area (Å²) >= 11 is 1.23. The van der Waals surface area contributed by atoms with Gasteiger partial charge in [-0.1, -0.05) is 43.2 Å². The van der Waals surface area contributed by atoms with E-state index in [0.717, 1.165) is 18.4 Å². The number of aromatic nitrogens is 2. The lowest BCUT2D eigenvalue weighted by Crippen LogP contribution is -2.27. The van der Waals surface area contributed by atoms with Crippen LogP contribution >= 0.6 is 11.8 Å². The third kappa shape index (κ3) is 6.05. The maximum absolute atomic E-state index is 12.0. The molecule has 0 aliphatic heterocycles. The third-order valence-electron chi connectivity index (χ3n) is 4.69. The summed E-state index contributed by atoms with van der Waals surface area (Å²) in [7, 11) is -3.69. The highest BCUT2D eigenvalue weighted by Gasteiger charge is 2.21. The first kappa shape index (κ1) is 20.8. The van der Waals surface area contributed by atoms with Gasteiger partial charge in [-0.05, 0) is 37.0 Å². The summed E-state index contributed by atoms with van der Waals surface area (Å²) in [6.07, 6.45) is 6.43. The van der Waals surface area contributed by atoms with Gasteiger partial charge in [-0.3, -0.25) is 4.79 Å². The molecule has 152 valence electrons. The molecule has 0 atom stereocenters. The zero-order valence-electron chi connectivity index (χ0n) is 15.5. The van der Waals surface area contributed by atoms with Crippen molar-refractivity contribution in [3.63, 3.8) is 0 Å². The van der Waals surface area contributed by atoms with Crippen LogP contribution in [-0.4, -0.2) is 36.8 Å². The van der Waals surface area contributed by atoms with Crippen LogP contribution in [0.25, 0.3) is 0 Å². The standard InChI is InChI=1S/C18H24N4O4S2/c19-28(24,25)15-8-6-13(7-9-15)10-11-20-16(23)12-27-18-22-21-17(26-18)14-4-2-1-3-5-14/h6-9,14H,1-5,10-12H2,(H,20,23)(H2,19,24,25). The number of hydrogen-bond acceptors (Lipinski definition) is 7. The molecule has 1 aromatic carbocycles. The van der Waals surface area contributed by atoms with Crippen molar-refractivity contribution in [2.75, 3.05) is 12.3 Å². The van der Waals surface area contributed by atoms with E-state index in [1.807, 2.05) is 0 Å². The number of sulfonamides is 1. The number of benzene rings is 1. The Balaban J connectivity index is 1.38. The van der Waals surface area contributed by atoms with Crippen LogP contribution in [0.2, 0.25) is 0 Å². The van der Waals surface area contributed by atoms with E-state index >= 15 is 0 Å². The molecule has 0 saturated heterocycles. The van der Waals surface area contributed by atoms with E-state index in [1.165, 1.54) is 43.2 Å². The number of nitrogens with one attached hydrogen (secondary N) is 1. The Labute approximate surface area is 168 Å². The van der Waals surface area contributed by atoms with Crippen molar-refractivity contribution < 1.29 is 17.6 Å². The summed E-state index contributed by atoms with van der Waals surface area (Å²) in [4.78, 5) is 12.1. The summed E-state index contributed by atoms with van der Waals surface area (Å²) in [5.41, 5.74) is 0.911. The first-order valence-corrected chi connectivity index (χ1v) is 11.8. The lowest BCUT2D eigenvalue weighted by molar-refractivity contribution is -0.118. The van der Waals surface area contributed by atoms with E-state index in [1.54, 1.807) is 12.1 Å². The number of carbonyl (C=O) groups excluding carboxylic acids is 1. The summed E-state index contributed by atoms with van der Waals surface area (Å²) in [6.45, 7) is 0.450. The normalized spacial score (nSPS) is 15.5. The highest BCUT2D eigenvalue weighted by Crippen LogP contribution is 2.32. The molecule has 28 heavy (non-hydrogen) atoms. The molecular weight excluding hydrogens is 400 g/mol. The summed E-state index contributed by atoms with van der Waals surface area (Å²) in [5.74, 6) is 1.12. The number of nitrogens with two attached hydrogens (primary N) is 1. The first-order valence-electron chi connectivity index (χ1n) is 9.26. The molecule has 0 spiro atoms. The van der Waals surface area contributed by atoms with Gasteiger partial charge in [-0.25, -0.2) is 13.6 Å². The van der Waals surface area contributed by atoms with Crippen LogP contribution in [-0.2, 0) is 21.2 Å². The van der Waals surface area contributed by atoms with Gasteiger partial charge in [-0.2, -0.15) is 0 Å². The van der Waals surface area contributed by atoms with Crippen molar-refractivity contribution in [3.05, 3.63) is 35.7 Å². The molecule has 1 fully saturated rings. The lowest BCUT2D eigenvalue weighted by Gasteiger charge is -2.17. The minimum atomic E-state index is -3.69. The van der Waals surface area contributed by atoms with Gasteiger partial charge in [0.1, 0.15) is 0 Å². The number of rotatable bonds is 8. The van der Waals surface area contributed by atoms with Crippen molar-refractivity contribution in [1.29, 1.82) is 0 Å². The molecule has 1 amide bonds. The Bertz CT molecular complexity index is 891. The Kier molecular flexibility index (Phi) is 7.08. The number of thioether (sulfide) groups is 1. The van der Waals surface area contributed by atoms with Crippen LogP contribution in [0.3, 0.4) is 0 Å². The molecule has 1 aromatic heterocycles. The summed E-state index contributed by atoms with van der Waals surface area (Å²) < 4.78 is 28.1. The number of carbonyl (C=O) groups is 1. The molecule has 3 N–H and O–H groups in total. The smallest absolute Gasteiger partial charge is 0.277 e. The highest BCUT2D eigenvalue weighted by molar-refractivity contribution is 7.99. The van der Waals surface area contributed by atoms with Gasteiger partial charge >= 0.3 is 0 Å². The van der Waals surface area contributed by atoms with Gasteiger partial charge in [0.15, 0.2) is 0 Å². The zero-order valence-corrected chi connectivity index (χ0v) is 17.1. The summed E-state index contributed by atoms with van der Waals surface area (Å²) in [6, 6.07) is 6.29. The lowest BCUT2D eigenvalue weighted by atomic mass is 9.89. The monoisotopic (exact) mass is 424 g/mol. The Hall–Kier alpha value is -1.91. The Morgan fingerprint density at radius 2 is 1.89 bits per heavy atom. The second kappa shape index (κ2) is 9.53. The molecule has 8 nitrogen and oxygen atoms in total. The molecule has 0 radical (unpaired) electrons. The molecule has 3 rings (SSSR count). The minimum Gasteiger partial charge on any atom is -0.416 e. The predicted molar refractivity (Wildman–Crippen MR) is 105 cm³/mol. The van der Waals surface area contributed by atoms with Crippen LogP contribution in [0.15, 0.2) is 38.8 Å². The van der Waals surface area contributed by atoms with Gasteiger partial charge in [0, 0.05) is 12.5 Å². The van der Waals surface area contributed by atoms with Crippen LogP contribution in [0, 0.1) is 0 Å². The molecule has 1 heterocycles. The highest BCUT2D eigenvalue weighted by atomic mass is 32.2. The maximum atomic E-state index is 12.0. The van der Waals surface area contributed by atoms with E-state index in [2.05, 4.69) is 15.5 Å². The average molecular weight is 425 g/mol. The third-order valence-corrected chi connectivity index (χ3v) is 6.44. The van der Waals surface area contributed by atoms with E-state index in [9.17, 15) is 13.2 Å². The van der Waals surface area contributed by atoms with Crippen molar-refractivity contribution in [2.45, 2.75) is 54.6 Å². The predicted octanol–water partition coefficient (Wildman–Crippen LogP) is 2.22. The molecule has 0 bridgehead atoms. The quantitative estimate of drug-likeness (QED) is 0.622. The van der Waals surface area contributed by atoms with Crippen LogP contribution < -0.4 is 10.5 Å². The average Bonchev–Trinajstić information content (AvgIpc) is 3.16. The SMILES string of the molecule is NS(=O)(=O)c1ccc(CCNC(=O)CSc2nnc(C3CCCCC3)o2)cc1. The topological polar surface area (TPSA) is 128 Å². The molecule has 1 aliphatic rings. The van der Waals surface area contributed by atoms with Gasteiger partial charge < -0.3 is 9.73 Å². The van der Waals surface area contributed by atoms with Crippen molar-refractivity contribution in [1.82, 2.24) is 15.5 Å². The van der Waals surface area contributed by atoms with E-state index < -0.39 is 10.0 Å². The van der Waals surface area contributed by atoms with Crippen LogP contribution in [0.4, 0.5) is 0 Å². The van der Waals surface area contributed by atoms with Crippen molar-refractivity contribution in [2.24, 2.45) is 5.14 Å². The Morgan fingerprint density at radius 3 is 2.57 bits per heavy atom. The van der Waals surface area contributed by atoms with Gasteiger partial charge in [0.05, 0.1) is 10.6 Å². The van der Waals surface area contributed by atoms with Crippen LogP contribution in [0.1, 0.15) is 49.5 Å². The number of amides is 1. The van der Waals surface area contributed by atoms with Crippen LogP contribution in [0.5, 0.6) is 0 Å². The molecule has 10 heteroatoms.